The summed E-state index contributed by atoms with van der Waals surface area (Å²) in [6, 6.07) is 0. The average Bonchev–Trinajstić information content (AvgIpc) is 2.33. The van der Waals surface area contributed by atoms with Crippen molar-refractivity contribution in [3.63, 3.8) is 0 Å². The van der Waals surface area contributed by atoms with Crippen LogP contribution in [-0.4, -0.2) is 5.12 Å². The molecule has 0 saturated heterocycles. The number of carbonyl (C=O) groups excluding carboxylic acids is 1. The third kappa shape index (κ3) is 25.9. The quantitative estimate of drug-likeness (QED) is 0.389. The first-order valence-electron chi connectivity index (χ1n) is 7.40. The molecule has 0 aromatic carbocycles. The van der Waals surface area contributed by atoms with Gasteiger partial charge in [0.15, 0.2) is 5.12 Å². The molecule has 0 fully saturated rings. The lowest BCUT2D eigenvalue weighted by molar-refractivity contribution is -0.110. The van der Waals surface area contributed by atoms with E-state index in [0.717, 1.165) is 0 Å². The van der Waals surface area contributed by atoms with Gasteiger partial charge in [-0.05, 0) is 0 Å². The van der Waals surface area contributed by atoms with Crippen molar-refractivity contribution in [2.75, 3.05) is 0 Å². The Labute approximate surface area is 114 Å². The Balaban J connectivity index is 0. The van der Waals surface area contributed by atoms with Gasteiger partial charge in [0.05, 0.1) is 0 Å². The van der Waals surface area contributed by atoms with Gasteiger partial charge in [0.25, 0.3) is 0 Å². The van der Waals surface area contributed by atoms with Crippen LogP contribution in [0.15, 0.2) is 0 Å². The maximum Gasteiger partial charge on any atom is 0.185 e. The number of hydrogen-bond acceptors (Lipinski definition) is 1. The van der Waals surface area contributed by atoms with Crippen LogP contribution in [0.25, 0.3) is 0 Å². The Morgan fingerprint density at radius 2 is 0.941 bits per heavy atom. The average molecular weight is 260 g/mol. The summed E-state index contributed by atoms with van der Waals surface area (Å²) in [5.74, 6) is 0. The molecular weight excluding hydrogens is 228 g/mol. The van der Waals surface area contributed by atoms with E-state index in [-0.39, 0.29) is 5.12 Å². The Hall–Kier alpha value is 0.0200. The van der Waals surface area contributed by atoms with Crippen molar-refractivity contribution in [1.29, 1.82) is 0 Å². The maximum absolute atomic E-state index is 9.68. The van der Waals surface area contributed by atoms with Crippen molar-refractivity contribution < 1.29 is 4.79 Å². The molecule has 0 amide bonds. The smallest absolute Gasteiger partial charge is 0.185 e. The molecule has 1 nitrogen and oxygen atoms in total. The maximum atomic E-state index is 9.68. The molecule has 0 spiro atoms. The zero-order chi connectivity index (χ0) is 13.4. The van der Waals surface area contributed by atoms with Gasteiger partial charge in [0, 0.05) is 6.42 Å². The highest BCUT2D eigenvalue weighted by Crippen LogP contribution is 2.09. The molecule has 0 aromatic rings. The van der Waals surface area contributed by atoms with Crippen molar-refractivity contribution >= 4 is 17.7 Å². The van der Waals surface area contributed by atoms with Crippen LogP contribution < -0.4 is 0 Å². The number of rotatable bonds is 10. The lowest BCUT2D eigenvalue weighted by Crippen LogP contribution is -1.80. The first-order valence-corrected chi connectivity index (χ1v) is 7.85. The third-order valence-corrected chi connectivity index (χ3v) is 3.08. The van der Waals surface area contributed by atoms with E-state index < -0.39 is 0 Å². The van der Waals surface area contributed by atoms with Crippen LogP contribution in [0.4, 0.5) is 0 Å². The fraction of sp³-hybridized carbons (Fsp3) is 0.933. The molecule has 0 saturated carbocycles. The van der Waals surface area contributed by atoms with E-state index >= 15 is 0 Å². The molecule has 2 heteroatoms. The van der Waals surface area contributed by atoms with Gasteiger partial charge in [-0.1, -0.05) is 85.0 Å². The van der Waals surface area contributed by atoms with E-state index in [2.05, 4.69) is 26.5 Å². The summed E-state index contributed by atoms with van der Waals surface area (Å²) in [6.07, 6.45) is 15.0. The van der Waals surface area contributed by atoms with E-state index in [1.807, 2.05) is 0 Å². The van der Waals surface area contributed by atoms with Crippen LogP contribution >= 0.6 is 12.6 Å². The van der Waals surface area contributed by atoms with Crippen molar-refractivity contribution in [1.82, 2.24) is 0 Å². The van der Waals surface area contributed by atoms with E-state index in [0.29, 0.717) is 6.42 Å². The molecule has 0 radical (unpaired) electrons. The highest BCUT2D eigenvalue weighted by molar-refractivity contribution is 7.96. The lowest BCUT2D eigenvalue weighted by atomic mass is 10.1. The molecule has 0 bridgehead atoms. The standard InChI is InChI=1S/C12H26.C3H6OS/c1-3-5-7-9-11-12-10-8-6-4-2;1-2-3(4)5/h3-12H2,1-2H3;2H2,1H3,(H,4,5). The van der Waals surface area contributed by atoms with E-state index in [1.165, 1.54) is 64.2 Å². The first kappa shape index (κ1) is 19.4. The molecular formula is C15H32OS. The molecule has 0 heterocycles. The number of thiol groups is 1. The molecule has 0 rings (SSSR count). The fourth-order valence-electron chi connectivity index (χ4n) is 1.56. The number of hydrogen-bond donors (Lipinski definition) is 1. The largest absolute Gasteiger partial charge is 0.288 e. The van der Waals surface area contributed by atoms with E-state index in [4.69, 9.17) is 0 Å². The molecule has 0 unspecified atom stereocenters. The summed E-state index contributed by atoms with van der Waals surface area (Å²) in [5, 5.41) is -0.0509. The second-order valence-corrected chi connectivity index (χ2v) is 5.07. The van der Waals surface area contributed by atoms with Gasteiger partial charge >= 0.3 is 0 Å². The zero-order valence-corrected chi connectivity index (χ0v) is 13.0. The molecule has 17 heavy (non-hydrogen) atoms. The SMILES string of the molecule is CCC(=O)S.CCCCCCCCCCCC. The highest BCUT2D eigenvalue weighted by Gasteiger charge is 1.90. The van der Waals surface area contributed by atoms with Gasteiger partial charge in [-0.2, -0.15) is 0 Å². The van der Waals surface area contributed by atoms with E-state index in [9.17, 15) is 4.79 Å². The van der Waals surface area contributed by atoms with Gasteiger partial charge in [0.2, 0.25) is 0 Å². The number of carbonyl (C=O) groups is 1. The summed E-state index contributed by atoms with van der Waals surface area (Å²) >= 11 is 3.46. The fourth-order valence-corrected chi connectivity index (χ4v) is 1.56. The van der Waals surface area contributed by atoms with E-state index in [1.54, 1.807) is 6.92 Å². The lowest BCUT2D eigenvalue weighted by Gasteiger charge is -1.99. The van der Waals surface area contributed by atoms with Gasteiger partial charge in [-0.25, -0.2) is 0 Å². The summed E-state index contributed by atoms with van der Waals surface area (Å²) in [4.78, 5) is 9.68. The Bertz CT molecular complexity index is 136. The minimum absolute atomic E-state index is 0.0509. The van der Waals surface area contributed by atoms with Gasteiger partial charge in [-0.3, -0.25) is 4.79 Å². The summed E-state index contributed by atoms with van der Waals surface area (Å²) < 4.78 is 0. The predicted octanol–water partition coefficient (Wildman–Crippen LogP) is 5.78. The van der Waals surface area contributed by atoms with Crippen molar-refractivity contribution in [2.24, 2.45) is 0 Å². The van der Waals surface area contributed by atoms with Crippen molar-refractivity contribution in [2.45, 2.75) is 91.4 Å². The van der Waals surface area contributed by atoms with Crippen LogP contribution in [0.2, 0.25) is 0 Å². The van der Waals surface area contributed by atoms with Gasteiger partial charge in [0.1, 0.15) is 0 Å². The molecule has 0 aliphatic rings. The number of unbranched alkanes of at least 4 members (excludes halogenated alkanes) is 9. The molecule has 0 aromatic heterocycles. The third-order valence-electron chi connectivity index (χ3n) is 2.76. The van der Waals surface area contributed by atoms with Gasteiger partial charge in [-0.15, -0.1) is 12.6 Å². The normalized spacial score (nSPS) is 9.65. The highest BCUT2D eigenvalue weighted by atomic mass is 32.1. The monoisotopic (exact) mass is 260 g/mol. The van der Waals surface area contributed by atoms with Crippen molar-refractivity contribution in [3.05, 3.63) is 0 Å². The summed E-state index contributed by atoms with van der Waals surface area (Å²) in [7, 11) is 0. The topological polar surface area (TPSA) is 17.1 Å². The second kappa shape index (κ2) is 18.4. The van der Waals surface area contributed by atoms with Crippen LogP contribution in [0.3, 0.4) is 0 Å². The Kier molecular flexibility index (Phi) is 20.9. The molecule has 0 atom stereocenters. The summed E-state index contributed by atoms with van der Waals surface area (Å²) in [5.41, 5.74) is 0. The van der Waals surface area contributed by atoms with Gasteiger partial charge < -0.3 is 0 Å². The minimum Gasteiger partial charge on any atom is -0.288 e. The van der Waals surface area contributed by atoms with Crippen LogP contribution in [0.1, 0.15) is 91.4 Å². The molecule has 0 aliphatic heterocycles. The molecule has 0 N–H and O–H groups in total. The molecule has 104 valence electrons. The predicted molar refractivity (Wildman–Crippen MR) is 81.8 cm³/mol. The van der Waals surface area contributed by atoms with Crippen LogP contribution in [0.5, 0.6) is 0 Å². The summed E-state index contributed by atoms with van der Waals surface area (Å²) in [6.45, 7) is 6.33. The molecule has 0 aliphatic carbocycles. The zero-order valence-electron chi connectivity index (χ0n) is 12.1. The van der Waals surface area contributed by atoms with Crippen molar-refractivity contribution in [3.8, 4) is 0 Å². The second-order valence-electron chi connectivity index (χ2n) is 4.58. The first-order chi connectivity index (χ1) is 8.18. The Morgan fingerprint density at radius 3 is 1.12 bits per heavy atom. The minimum atomic E-state index is -0.0509. The van der Waals surface area contributed by atoms with Crippen LogP contribution in [-0.2, 0) is 4.79 Å². The Morgan fingerprint density at radius 1 is 0.706 bits per heavy atom. The van der Waals surface area contributed by atoms with Crippen LogP contribution in [0, 0.1) is 0 Å².